The number of aliphatic carboxylic acids is 1. The highest BCUT2D eigenvalue weighted by molar-refractivity contribution is 7.98. The van der Waals surface area contributed by atoms with Gasteiger partial charge in [-0.05, 0) is 23.3 Å². The Bertz CT molecular complexity index is 1060. The molecular weight excluding hydrogens is 399 g/mol. The number of carboxylic acids is 1. The van der Waals surface area contributed by atoms with Gasteiger partial charge in [0.05, 0.1) is 7.11 Å². The lowest BCUT2D eigenvalue weighted by Crippen LogP contribution is -2.22. The minimum absolute atomic E-state index is 0.207. The molecule has 0 amide bonds. The standard InChI is InChI=1S/C19H17FN4O4S/c1-28-18-21-7-13(8-22-18)6-14-9-24(10-16(25)26)19(23-17(14)27)29-11-12-2-4-15(20)5-3-12/h2-5,7-9H,6,10-11H2,1H3,(H,25,26). The maximum absolute atomic E-state index is 13.0. The minimum Gasteiger partial charge on any atom is -0.480 e. The Kier molecular flexibility index (Phi) is 6.55. The van der Waals surface area contributed by atoms with Gasteiger partial charge in [-0.25, -0.2) is 14.4 Å². The van der Waals surface area contributed by atoms with Crippen molar-refractivity contribution in [3.8, 4) is 6.01 Å². The Morgan fingerprint density at radius 3 is 2.52 bits per heavy atom. The number of ether oxygens (including phenoxy) is 1. The third-order valence-electron chi connectivity index (χ3n) is 3.87. The van der Waals surface area contributed by atoms with Gasteiger partial charge in [-0.2, -0.15) is 4.98 Å². The fraction of sp³-hybridized carbons (Fsp3) is 0.211. The van der Waals surface area contributed by atoms with Crippen molar-refractivity contribution in [3.63, 3.8) is 0 Å². The van der Waals surface area contributed by atoms with E-state index in [2.05, 4.69) is 15.0 Å². The molecule has 3 rings (SSSR count). The lowest BCUT2D eigenvalue weighted by atomic mass is 10.1. The largest absolute Gasteiger partial charge is 0.480 e. The number of benzene rings is 1. The molecule has 0 saturated carbocycles. The van der Waals surface area contributed by atoms with Crippen LogP contribution in [0.25, 0.3) is 0 Å². The zero-order valence-corrected chi connectivity index (χ0v) is 16.2. The molecule has 3 aromatic rings. The van der Waals surface area contributed by atoms with Crippen molar-refractivity contribution in [2.24, 2.45) is 0 Å². The molecule has 150 valence electrons. The third-order valence-corrected chi connectivity index (χ3v) is 4.94. The van der Waals surface area contributed by atoms with Gasteiger partial charge in [0.1, 0.15) is 12.4 Å². The van der Waals surface area contributed by atoms with Crippen molar-refractivity contribution in [1.82, 2.24) is 19.5 Å². The number of carboxylic acid groups (broad SMARTS) is 1. The fourth-order valence-electron chi connectivity index (χ4n) is 2.50. The molecule has 2 heterocycles. The van der Waals surface area contributed by atoms with Gasteiger partial charge in [-0.15, -0.1) is 0 Å². The topological polar surface area (TPSA) is 107 Å². The quantitative estimate of drug-likeness (QED) is 0.440. The molecular formula is C19H17FN4O4S. The Morgan fingerprint density at radius 1 is 1.21 bits per heavy atom. The third kappa shape index (κ3) is 5.61. The molecule has 8 nitrogen and oxygen atoms in total. The normalized spacial score (nSPS) is 10.7. The zero-order chi connectivity index (χ0) is 20.8. The first-order chi connectivity index (χ1) is 13.9. The van der Waals surface area contributed by atoms with Gasteiger partial charge in [-0.1, -0.05) is 23.9 Å². The Labute approximate surface area is 169 Å². The molecule has 0 aliphatic carbocycles. The lowest BCUT2D eigenvalue weighted by molar-refractivity contribution is -0.137. The second-order valence-corrected chi connectivity index (χ2v) is 6.99. The van der Waals surface area contributed by atoms with Gasteiger partial charge < -0.3 is 14.4 Å². The van der Waals surface area contributed by atoms with Crippen LogP contribution in [0.5, 0.6) is 6.01 Å². The molecule has 10 heteroatoms. The summed E-state index contributed by atoms with van der Waals surface area (Å²) in [5.41, 5.74) is 1.36. The fourth-order valence-corrected chi connectivity index (χ4v) is 3.42. The second kappa shape index (κ2) is 9.28. The van der Waals surface area contributed by atoms with E-state index in [1.807, 2.05) is 0 Å². The maximum atomic E-state index is 13.0. The highest BCUT2D eigenvalue weighted by atomic mass is 32.2. The summed E-state index contributed by atoms with van der Waals surface area (Å²) in [5.74, 6) is -0.984. The Morgan fingerprint density at radius 2 is 1.90 bits per heavy atom. The predicted octanol–water partition coefficient (Wildman–Crippen LogP) is 2.15. The minimum atomic E-state index is -1.06. The summed E-state index contributed by atoms with van der Waals surface area (Å²) in [5, 5.41) is 9.48. The number of hydrogen-bond acceptors (Lipinski definition) is 7. The van der Waals surface area contributed by atoms with E-state index in [4.69, 9.17) is 4.74 Å². The summed E-state index contributed by atoms with van der Waals surface area (Å²) in [6, 6.07) is 6.14. The van der Waals surface area contributed by atoms with Crippen molar-refractivity contribution < 1.29 is 19.0 Å². The van der Waals surface area contributed by atoms with E-state index < -0.39 is 11.5 Å². The number of aromatic nitrogens is 4. The summed E-state index contributed by atoms with van der Waals surface area (Å²) < 4.78 is 19.3. The van der Waals surface area contributed by atoms with E-state index in [0.717, 1.165) is 5.56 Å². The van der Waals surface area contributed by atoms with E-state index in [9.17, 15) is 19.1 Å². The molecule has 0 bridgehead atoms. The summed E-state index contributed by atoms with van der Waals surface area (Å²) in [6.07, 6.45) is 4.76. The van der Waals surface area contributed by atoms with Crippen LogP contribution >= 0.6 is 11.8 Å². The number of hydrogen-bond donors (Lipinski definition) is 1. The molecule has 0 aliphatic rings. The van der Waals surface area contributed by atoms with Crippen molar-refractivity contribution >= 4 is 17.7 Å². The summed E-state index contributed by atoms with van der Waals surface area (Å²) >= 11 is 1.21. The van der Waals surface area contributed by atoms with Crippen molar-refractivity contribution in [3.05, 3.63) is 75.7 Å². The van der Waals surface area contributed by atoms with Gasteiger partial charge in [-0.3, -0.25) is 9.59 Å². The second-order valence-electron chi connectivity index (χ2n) is 6.05. The lowest BCUT2D eigenvalue weighted by Gasteiger charge is -2.12. The summed E-state index contributed by atoms with van der Waals surface area (Å²) in [6.45, 7) is -0.342. The molecule has 0 aliphatic heterocycles. The van der Waals surface area contributed by atoms with Crippen LogP contribution in [0.15, 0.2) is 52.8 Å². The van der Waals surface area contributed by atoms with E-state index in [1.165, 1.54) is 54.2 Å². The van der Waals surface area contributed by atoms with E-state index in [1.54, 1.807) is 12.1 Å². The Balaban J connectivity index is 1.84. The van der Waals surface area contributed by atoms with Gasteiger partial charge in [0.2, 0.25) is 0 Å². The first-order valence-electron chi connectivity index (χ1n) is 8.49. The van der Waals surface area contributed by atoms with Gasteiger partial charge >= 0.3 is 12.0 Å². The average Bonchev–Trinajstić information content (AvgIpc) is 2.70. The Hall–Kier alpha value is -3.27. The molecule has 1 N–H and O–H groups in total. The maximum Gasteiger partial charge on any atom is 0.323 e. The smallest absolute Gasteiger partial charge is 0.323 e. The molecule has 0 spiro atoms. The average molecular weight is 416 g/mol. The van der Waals surface area contributed by atoms with Crippen LogP contribution in [0, 0.1) is 5.82 Å². The van der Waals surface area contributed by atoms with Crippen LogP contribution in [0.1, 0.15) is 16.7 Å². The molecule has 0 radical (unpaired) electrons. The zero-order valence-electron chi connectivity index (χ0n) is 15.4. The number of thioether (sulfide) groups is 1. The van der Waals surface area contributed by atoms with Crippen LogP contribution in [0.3, 0.4) is 0 Å². The number of nitrogens with zero attached hydrogens (tertiary/aromatic N) is 4. The molecule has 0 unspecified atom stereocenters. The number of methoxy groups -OCH3 is 1. The van der Waals surface area contributed by atoms with Crippen molar-refractivity contribution in [1.29, 1.82) is 0 Å². The molecule has 1 aromatic carbocycles. The predicted molar refractivity (Wildman–Crippen MR) is 103 cm³/mol. The van der Waals surface area contributed by atoms with Gasteiger partial charge in [0.25, 0.3) is 5.56 Å². The van der Waals surface area contributed by atoms with Crippen LogP contribution in [-0.2, 0) is 23.5 Å². The molecule has 2 aromatic heterocycles. The number of rotatable bonds is 8. The molecule has 0 atom stereocenters. The van der Waals surface area contributed by atoms with Crippen LogP contribution in [0.4, 0.5) is 4.39 Å². The van der Waals surface area contributed by atoms with Crippen molar-refractivity contribution in [2.45, 2.75) is 23.9 Å². The van der Waals surface area contributed by atoms with Crippen LogP contribution < -0.4 is 10.3 Å². The van der Waals surface area contributed by atoms with Gasteiger partial charge in [0.15, 0.2) is 5.16 Å². The monoisotopic (exact) mass is 416 g/mol. The SMILES string of the molecule is COc1ncc(Cc2cn(CC(=O)O)c(SCc3ccc(F)cc3)nc2=O)cn1. The van der Waals surface area contributed by atoms with Gasteiger partial charge in [0, 0.05) is 36.3 Å². The first-order valence-corrected chi connectivity index (χ1v) is 9.47. The summed E-state index contributed by atoms with van der Waals surface area (Å²) in [4.78, 5) is 35.7. The van der Waals surface area contributed by atoms with Crippen LogP contribution in [0.2, 0.25) is 0 Å². The highest BCUT2D eigenvalue weighted by Gasteiger charge is 2.13. The van der Waals surface area contributed by atoms with Crippen LogP contribution in [-0.4, -0.2) is 37.7 Å². The molecule has 0 fully saturated rings. The van der Waals surface area contributed by atoms with E-state index in [0.29, 0.717) is 16.9 Å². The van der Waals surface area contributed by atoms with Crippen molar-refractivity contribution in [2.75, 3.05) is 7.11 Å². The van der Waals surface area contributed by atoms with E-state index >= 15 is 0 Å². The molecule has 0 saturated heterocycles. The van der Waals surface area contributed by atoms with E-state index in [-0.39, 0.29) is 29.9 Å². The number of halogens is 1. The number of carbonyl (C=O) groups is 1. The first kappa shape index (κ1) is 20.5. The summed E-state index contributed by atoms with van der Waals surface area (Å²) in [7, 11) is 1.45. The highest BCUT2D eigenvalue weighted by Crippen LogP contribution is 2.21. The molecule has 29 heavy (non-hydrogen) atoms.